The molecule has 1 saturated heterocycles. The Hall–Kier alpha value is -0.810. The quantitative estimate of drug-likeness (QED) is 0.904. The molecule has 5 heteroatoms. The van der Waals surface area contributed by atoms with Crippen molar-refractivity contribution in [2.45, 2.75) is 6.04 Å². The molecule has 1 aromatic rings. The third-order valence-electron chi connectivity index (χ3n) is 3.26. The van der Waals surface area contributed by atoms with Crippen molar-refractivity contribution < 1.29 is 9.47 Å². The van der Waals surface area contributed by atoms with E-state index in [0.29, 0.717) is 11.6 Å². The van der Waals surface area contributed by atoms with Crippen molar-refractivity contribution in [3.63, 3.8) is 0 Å². The number of rotatable bonds is 4. The average molecular weight is 271 g/mol. The lowest BCUT2D eigenvalue weighted by molar-refractivity contribution is 0.0174. The van der Waals surface area contributed by atoms with E-state index in [1.165, 1.54) is 0 Å². The van der Waals surface area contributed by atoms with E-state index in [9.17, 15) is 0 Å². The second kappa shape index (κ2) is 6.38. The smallest absolute Gasteiger partial charge is 0.123 e. The summed E-state index contributed by atoms with van der Waals surface area (Å²) < 4.78 is 10.8. The van der Waals surface area contributed by atoms with Gasteiger partial charge < -0.3 is 15.2 Å². The van der Waals surface area contributed by atoms with Gasteiger partial charge in [0.2, 0.25) is 0 Å². The highest BCUT2D eigenvalue weighted by atomic mass is 35.5. The first-order chi connectivity index (χ1) is 8.76. The predicted octanol–water partition coefficient (Wildman–Crippen LogP) is 1.68. The summed E-state index contributed by atoms with van der Waals surface area (Å²) in [6.07, 6.45) is 0. The number of benzene rings is 1. The summed E-state index contributed by atoms with van der Waals surface area (Å²) in [5.41, 5.74) is 6.98. The molecule has 0 bridgehead atoms. The average Bonchev–Trinajstić information content (AvgIpc) is 2.41. The van der Waals surface area contributed by atoms with Crippen molar-refractivity contribution in [1.29, 1.82) is 0 Å². The van der Waals surface area contributed by atoms with Crippen LogP contribution >= 0.6 is 11.6 Å². The first-order valence-corrected chi connectivity index (χ1v) is 6.49. The fraction of sp³-hybridized carbons (Fsp3) is 0.538. The van der Waals surface area contributed by atoms with Crippen molar-refractivity contribution in [2.24, 2.45) is 5.73 Å². The lowest BCUT2D eigenvalue weighted by Crippen LogP contribution is -2.41. The molecule has 0 radical (unpaired) electrons. The number of methoxy groups -OCH3 is 1. The van der Waals surface area contributed by atoms with Crippen LogP contribution < -0.4 is 10.5 Å². The summed E-state index contributed by atoms with van der Waals surface area (Å²) in [5, 5.41) is 0.706. The molecule has 0 amide bonds. The molecule has 0 aliphatic carbocycles. The minimum Gasteiger partial charge on any atom is -0.496 e. The van der Waals surface area contributed by atoms with Crippen LogP contribution in [0.5, 0.6) is 5.75 Å². The zero-order chi connectivity index (χ0) is 13.0. The molecular formula is C13H19ClN2O2. The SMILES string of the molecule is COc1ccc(Cl)cc1C(CN)N1CCOCC1. The number of nitrogens with two attached hydrogens (primary N) is 1. The molecule has 1 aliphatic heterocycles. The zero-order valence-corrected chi connectivity index (χ0v) is 11.3. The molecule has 1 fully saturated rings. The summed E-state index contributed by atoms with van der Waals surface area (Å²) in [6, 6.07) is 5.79. The molecule has 1 atom stereocenters. The normalized spacial score (nSPS) is 18.6. The Morgan fingerprint density at radius 2 is 2.17 bits per heavy atom. The number of ether oxygens (including phenoxy) is 2. The van der Waals surface area contributed by atoms with E-state index in [1.807, 2.05) is 18.2 Å². The summed E-state index contributed by atoms with van der Waals surface area (Å²) in [5.74, 6) is 0.835. The van der Waals surface area contributed by atoms with E-state index in [1.54, 1.807) is 7.11 Å². The van der Waals surface area contributed by atoms with Gasteiger partial charge in [-0.3, -0.25) is 4.90 Å². The Bertz CT molecular complexity index is 395. The second-order valence-corrected chi connectivity index (χ2v) is 4.72. The Morgan fingerprint density at radius 1 is 1.44 bits per heavy atom. The highest BCUT2D eigenvalue weighted by Crippen LogP contribution is 2.31. The van der Waals surface area contributed by atoms with Crippen molar-refractivity contribution in [2.75, 3.05) is 40.0 Å². The van der Waals surface area contributed by atoms with Crippen LogP contribution in [0.3, 0.4) is 0 Å². The van der Waals surface area contributed by atoms with E-state index >= 15 is 0 Å². The first kappa shape index (κ1) is 13.6. The van der Waals surface area contributed by atoms with Crippen LogP contribution in [0.4, 0.5) is 0 Å². The highest BCUT2D eigenvalue weighted by molar-refractivity contribution is 6.30. The largest absolute Gasteiger partial charge is 0.496 e. The van der Waals surface area contributed by atoms with Crippen LogP contribution in [-0.2, 0) is 4.74 Å². The summed E-state index contributed by atoms with van der Waals surface area (Å²) in [6.45, 7) is 3.81. The third-order valence-corrected chi connectivity index (χ3v) is 3.50. The summed E-state index contributed by atoms with van der Waals surface area (Å²) in [7, 11) is 1.67. The number of morpholine rings is 1. The van der Waals surface area contributed by atoms with Gasteiger partial charge in [0.05, 0.1) is 26.4 Å². The van der Waals surface area contributed by atoms with Crippen molar-refractivity contribution in [3.05, 3.63) is 28.8 Å². The van der Waals surface area contributed by atoms with Crippen LogP contribution in [0.15, 0.2) is 18.2 Å². The lowest BCUT2D eigenvalue weighted by Gasteiger charge is -2.34. The molecule has 0 saturated carbocycles. The van der Waals surface area contributed by atoms with E-state index in [-0.39, 0.29) is 6.04 Å². The second-order valence-electron chi connectivity index (χ2n) is 4.29. The maximum atomic E-state index is 6.07. The van der Waals surface area contributed by atoms with E-state index in [2.05, 4.69) is 4.90 Å². The van der Waals surface area contributed by atoms with E-state index < -0.39 is 0 Å². The van der Waals surface area contributed by atoms with Crippen molar-refractivity contribution >= 4 is 11.6 Å². The van der Waals surface area contributed by atoms with Crippen LogP contribution in [0.2, 0.25) is 5.02 Å². The molecule has 0 spiro atoms. The topological polar surface area (TPSA) is 47.7 Å². The van der Waals surface area contributed by atoms with Gasteiger partial charge in [-0.2, -0.15) is 0 Å². The van der Waals surface area contributed by atoms with Gasteiger partial charge in [0, 0.05) is 30.2 Å². The van der Waals surface area contributed by atoms with E-state index in [4.69, 9.17) is 26.8 Å². The standard InChI is InChI=1S/C13H19ClN2O2/c1-17-13-3-2-10(14)8-11(13)12(9-15)16-4-6-18-7-5-16/h2-3,8,12H,4-7,9,15H2,1H3. The van der Waals surface area contributed by atoms with Crippen molar-refractivity contribution in [3.8, 4) is 5.75 Å². The minimum absolute atomic E-state index is 0.127. The molecule has 2 N–H and O–H groups in total. The van der Waals surface area contributed by atoms with Gasteiger partial charge in [0.15, 0.2) is 0 Å². The van der Waals surface area contributed by atoms with Gasteiger partial charge in [0.1, 0.15) is 5.75 Å². The van der Waals surface area contributed by atoms with Gasteiger partial charge in [-0.05, 0) is 18.2 Å². The first-order valence-electron chi connectivity index (χ1n) is 6.11. The Labute approximate surface area is 113 Å². The molecule has 1 unspecified atom stereocenters. The minimum atomic E-state index is 0.127. The van der Waals surface area contributed by atoms with Crippen LogP contribution in [0, 0.1) is 0 Å². The maximum absolute atomic E-state index is 6.07. The molecule has 1 aliphatic rings. The van der Waals surface area contributed by atoms with Gasteiger partial charge >= 0.3 is 0 Å². The monoisotopic (exact) mass is 270 g/mol. The van der Waals surface area contributed by atoms with Gasteiger partial charge in [-0.1, -0.05) is 11.6 Å². The number of hydrogen-bond donors (Lipinski definition) is 1. The van der Waals surface area contributed by atoms with Gasteiger partial charge in [-0.25, -0.2) is 0 Å². The zero-order valence-electron chi connectivity index (χ0n) is 10.6. The molecule has 2 rings (SSSR count). The van der Waals surface area contributed by atoms with Gasteiger partial charge in [0.25, 0.3) is 0 Å². The fourth-order valence-corrected chi connectivity index (χ4v) is 2.51. The molecule has 18 heavy (non-hydrogen) atoms. The highest BCUT2D eigenvalue weighted by Gasteiger charge is 2.24. The van der Waals surface area contributed by atoms with Crippen LogP contribution in [0.25, 0.3) is 0 Å². The summed E-state index contributed by atoms with van der Waals surface area (Å²) >= 11 is 6.07. The lowest BCUT2D eigenvalue weighted by atomic mass is 10.0. The predicted molar refractivity (Wildman–Crippen MR) is 72.2 cm³/mol. The third kappa shape index (κ3) is 2.95. The van der Waals surface area contributed by atoms with E-state index in [0.717, 1.165) is 37.6 Å². The van der Waals surface area contributed by atoms with Crippen molar-refractivity contribution in [1.82, 2.24) is 4.90 Å². The molecule has 0 aromatic heterocycles. The molecule has 100 valence electrons. The number of halogens is 1. The molecule has 1 heterocycles. The molecular weight excluding hydrogens is 252 g/mol. The Morgan fingerprint density at radius 3 is 2.78 bits per heavy atom. The molecule has 1 aromatic carbocycles. The van der Waals surface area contributed by atoms with Crippen LogP contribution in [0.1, 0.15) is 11.6 Å². The Kier molecular flexibility index (Phi) is 4.83. The number of hydrogen-bond acceptors (Lipinski definition) is 4. The Balaban J connectivity index is 2.27. The maximum Gasteiger partial charge on any atom is 0.123 e. The van der Waals surface area contributed by atoms with Crippen LogP contribution in [-0.4, -0.2) is 44.9 Å². The van der Waals surface area contributed by atoms with Gasteiger partial charge in [-0.15, -0.1) is 0 Å². The summed E-state index contributed by atoms with van der Waals surface area (Å²) in [4.78, 5) is 2.32. The molecule has 4 nitrogen and oxygen atoms in total. The fourth-order valence-electron chi connectivity index (χ4n) is 2.33. The number of nitrogens with zero attached hydrogens (tertiary/aromatic N) is 1.